The summed E-state index contributed by atoms with van der Waals surface area (Å²) in [4.78, 5) is 14.4. The molecule has 0 aliphatic heterocycles. The number of hydrogen-bond donors (Lipinski definition) is 1. The zero-order valence-corrected chi connectivity index (χ0v) is 20.0. The number of rotatable bonds is 9. The van der Waals surface area contributed by atoms with Crippen molar-refractivity contribution in [2.24, 2.45) is 0 Å². The number of carbonyl (C=O) groups excluding carboxylic acids is 1. The molecule has 180 valence electrons. The predicted octanol–water partition coefficient (Wildman–Crippen LogP) is 5.43. The number of benzene rings is 3. The van der Waals surface area contributed by atoms with Gasteiger partial charge in [-0.15, -0.1) is 0 Å². The minimum Gasteiger partial charge on any atom is -0.494 e. The summed E-state index contributed by atoms with van der Waals surface area (Å²) in [6.45, 7) is 6.59. The van der Waals surface area contributed by atoms with E-state index in [4.69, 9.17) is 8.92 Å². The molecular formula is C25H27FN2O5S. The second-order valence-corrected chi connectivity index (χ2v) is 9.29. The lowest BCUT2D eigenvalue weighted by atomic mass is 10.2. The maximum absolute atomic E-state index is 13.1. The predicted molar refractivity (Wildman–Crippen MR) is 128 cm³/mol. The van der Waals surface area contributed by atoms with Crippen LogP contribution >= 0.6 is 0 Å². The van der Waals surface area contributed by atoms with Crippen LogP contribution in [0.4, 0.5) is 14.9 Å². The van der Waals surface area contributed by atoms with E-state index in [1.807, 2.05) is 20.8 Å². The molecule has 2 amide bonds. The molecule has 34 heavy (non-hydrogen) atoms. The van der Waals surface area contributed by atoms with E-state index >= 15 is 0 Å². The van der Waals surface area contributed by atoms with Gasteiger partial charge in [-0.05, 0) is 87.0 Å². The quantitative estimate of drug-likeness (QED) is 0.408. The molecule has 0 saturated carbocycles. The Morgan fingerprint density at radius 1 is 0.941 bits per heavy atom. The van der Waals surface area contributed by atoms with Crippen LogP contribution < -0.4 is 14.2 Å². The van der Waals surface area contributed by atoms with Crippen molar-refractivity contribution in [3.63, 3.8) is 0 Å². The number of carbonyl (C=O) groups is 1. The van der Waals surface area contributed by atoms with E-state index in [0.717, 1.165) is 35.6 Å². The lowest BCUT2D eigenvalue weighted by molar-refractivity contribution is 0.193. The molecule has 0 radical (unpaired) electrons. The number of nitrogens with one attached hydrogen (secondary N) is 1. The van der Waals surface area contributed by atoms with E-state index in [1.165, 1.54) is 12.1 Å². The summed E-state index contributed by atoms with van der Waals surface area (Å²) >= 11 is 0. The summed E-state index contributed by atoms with van der Waals surface area (Å²) in [6.07, 6.45) is 0. The summed E-state index contributed by atoms with van der Waals surface area (Å²) in [6, 6.07) is 17.6. The first-order chi connectivity index (χ1) is 16.2. The molecule has 9 heteroatoms. The van der Waals surface area contributed by atoms with Crippen LogP contribution in [0.2, 0.25) is 0 Å². The van der Waals surface area contributed by atoms with Crippen molar-refractivity contribution in [1.29, 1.82) is 0 Å². The smallest absolute Gasteiger partial charge is 0.339 e. The van der Waals surface area contributed by atoms with Crippen LogP contribution in [0.25, 0.3) is 0 Å². The monoisotopic (exact) mass is 486 g/mol. The standard InChI is InChI=1S/C25H27FN2O5S/c1-4-32-22-13-9-21(10-14-22)27-25(29)28(18(2)3)17-19-5-11-23(12-6-19)33-34(30,31)24-15-7-20(26)8-16-24/h5-16,18H,4,17H2,1-3H3,(H,27,29). The van der Waals surface area contributed by atoms with Gasteiger partial charge in [0.05, 0.1) is 6.61 Å². The molecule has 0 aromatic heterocycles. The van der Waals surface area contributed by atoms with Gasteiger partial charge in [0.1, 0.15) is 22.2 Å². The average molecular weight is 487 g/mol. The van der Waals surface area contributed by atoms with Gasteiger partial charge >= 0.3 is 16.1 Å². The van der Waals surface area contributed by atoms with Crippen LogP contribution in [-0.2, 0) is 16.7 Å². The Balaban J connectivity index is 1.65. The summed E-state index contributed by atoms with van der Waals surface area (Å²) in [5.41, 5.74) is 1.44. The van der Waals surface area contributed by atoms with E-state index in [-0.39, 0.29) is 22.7 Å². The molecule has 0 heterocycles. The fourth-order valence-corrected chi connectivity index (χ4v) is 4.04. The Bertz CT molecular complexity index is 1200. The number of urea groups is 1. The van der Waals surface area contributed by atoms with Crippen molar-refractivity contribution in [3.05, 3.63) is 84.2 Å². The highest BCUT2D eigenvalue weighted by Gasteiger charge is 2.19. The van der Waals surface area contributed by atoms with Crippen LogP contribution in [0.1, 0.15) is 26.3 Å². The minimum absolute atomic E-state index is 0.0857. The molecule has 0 unspecified atom stereocenters. The highest BCUT2D eigenvalue weighted by Crippen LogP contribution is 2.21. The Morgan fingerprint density at radius 3 is 2.09 bits per heavy atom. The van der Waals surface area contributed by atoms with E-state index < -0.39 is 15.9 Å². The Kier molecular flexibility index (Phi) is 8.12. The maximum Gasteiger partial charge on any atom is 0.339 e. The Hall–Kier alpha value is -3.59. The van der Waals surface area contributed by atoms with Crippen molar-refractivity contribution in [2.75, 3.05) is 11.9 Å². The third-order valence-electron chi connectivity index (χ3n) is 4.89. The summed E-state index contributed by atoms with van der Waals surface area (Å²) in [5.74, 6) is 0.303. The number of amides is 2. The van der Waals surface area contributed by atoms with Gasteiger partial charge in [-0.25, -0.2) is 9.18 Å². The molecule has 3 aromatic carbocycles. The summed E-state index contributed by atoms with van der Waals surface area (Å²) in [5, 5.41) is 2.88. The highest BCUT2D eigenvalue weighted by molar-refractivity contribution is 7.87. The van der Waals surface area contributed by atoms with Gasteiger partial charge in [0.2, 0.25) is 0 Å². The topological polar surface area (TPSA) is 84.9 Å². The van der Waals surface area contributed by atoms with E-state index in [0.29, 0.717) is 18.8 Å². The van der Waals surface area contributed by atoms with Gasteiger partial charge in [-0.1, -0.05) is 12.1 Å². The molecule has 7 nitrogen and oxygen atoms in total. The van der Waals surface area contributed by atoms with Crippen LogP contribution in [0, 0.1) is 5.82 Å². The first-order valence-corrected chi connectivity index (χ1v) is 12.2. The minimum atomic E-state index is -4.08. The number of halogens is 1. The fourth-order valence-electron chi connectivity index (χ4n) is 3.11. The molecule has 3 aromatic rings. The fraction of sp³-hybridized carbons (Fsp3) is 0.240. The molecule has 0 fully saturated rings. The average Bonchev–Trinajstić information content (AvgIpc) is 2.80. The molecule has 0 saturated heterocycles. The maximum atomic E-state index is 13.1. The second-order valence-electron chi connectivity index (χ2n) is 7.74. The zero-order valence-electron chi connectivity index (χ0n) is 19.2. The lowest BCUT2D eigenvalue weighted by Gasteiger charge is -2.27. The molecule has 0 bridgehead atoms. The van der Waals surface area contributed by atoms with E-state index in [1.54, 1.807) is 41.3 Å². The van der Waals surface area contributed by atoms with Gasteiger partial charge in [-0.2, -0.15) is 8.42 Å². The number of anilines is 1. The molecule has 0 spiro atoms. The highest BCUT2D eigenvalue weighted by atomic mass is 32.2. The number of hydrogen-bond acceptors (Lipinski definition) is 5. The van der Waals surface area contributed by atoms with Gasteiger partial charge in [-0.3, -0.25) is 0 Å². The van der Waals surface area contributed by atoms with Crippen molar-refractivity contribution >= 4 is 21.8 Å². The van der Waals surface area contributed by atoms with Crippen molar-refractivity contribution in [2.45, 2.75) is 38.3 Å². The van der Waals surface area contributed by atoms with E-state index in [2.05, 4.69) is 5.32 Å². The molecule has 0 atom stereocenters. The number of nitrogens with zero attached hydrogens (tertiary/aromatic N) is 1. The third kappa shape index (κ3) is 6.71. The molecule has 0 aliphatic carbocycles. The van der Waals surface area contributed by atoms with Gasteiger partial charge in [0.15, 0.2) is 0 Å². The van der Waals surface area contributed by atoms with E-state index in [9.17, 15) is 17.6 Å². The molecular weight excluding hydrogens is 459 g/mol. The van der Waals surface area contributed by atoms with Crippen LogP contribution in [-0.4, -0.2) is 32.0 Å². The van der Waals surface area contributed by atoms with Gasteiger partial charge in [0.25, 0.3) is 0 Å². The molecule has 0 aliphatic rings. The molecule has 1 N–H and O–H groups in total. The van der Waals surface area contributed by atoms with Crippen LogP contribution in [0.15, 0.2) is 77.7 Å². The first-order valence-electron chi connectivity index (χ1n) is 10.8. The third-order valence-corrected chi connectivity index (χ3v) is 6.15. The Morgan fingerprint density at radius 2 is 1.53 bits per heavy atom. The first kappa shape index (κ1) is 25.0. The molecule has 3 rings (SSSR count). The summed E-state index contributed by atoms with van der Waals surface area (Å²) < 4.78 is 48.3. The van der Waals surface area contributed by atoms with Crippen molar-refractivity contribution in [3.8, 4) is 11.5 Å². The van der Waals surface area contributed by atoms with Crippen LogP contribution in [0.3, 0.4) is 0 Å². The van der Waals surface area contributed by atoms with Gasteiger partial charge in [0, 0.05) is 18.3 Å². The lowest BCUT2D eigenvalue weighted by Crippen LogP contribution is -2.39. The van der Waals surface area contributed by atoms with Crippen molar-refractivity contribution in [1.82, 2.24) is 4.90 Å². The number of ether oxygens (including phenoxy) is 1. The normalized spacial score (nSPS) is 11.2. The van der Waals surface area contributed by atoms with Gasteiger partial charge < -0.3 is 19.1 Å². The largest absolute Gasteiger partial charge is 0.494 e. The zero-order chi connectivity index (χ0) is 24.7. The Labute approximate surface area is 199 Å². The second kappa shape index (κ2) is 11.0. The van der Waals surface area contributed by atoms with Crippen LogP contribution in [0.5, 0.6) is 11.5 Å². The summed E-state index contributed by atoms with van der Waals surface area (Å²) in [7, 11) is -4.08. The van der Waals surface area contributed by atoms with Crippen molar-refractivity contribution < 1.29 is 26.5 Å². The SMILES string of the molecule is CCOc1ccc(NC(=O)N(Cc2ccc(OS(=O)(=O)c3ccc(F)cc3)cc2)C(C)C)cc1.